The third kappa shape index (κ3) is 4.29. The summed E-state index contributed by atoms with van der Waals surface area (Å²) in [5.41, 5.74) is 4.18. The zero-order valence-electron chi connectivity index (χ0n) is 18.1. The largest absolute Gasteiger partial charge is 0.493 e. The zero-order valence-corrected chi connectivity index (χ0v) is 18.1. The summed E-state index contributed by atoms with van der Waals surface area (Å²) in [5, 5.41) is 6.69. The SMILES string of the molecule is CCCC(=O)Nc1ccc2c(c1)C1C=CCC1C(c1ccc(OC(C)=O)c(OC)c1)N2. The number of hydrogen-bond acceptors (Lipinski definition) is 5. The Morgan fingerprint density at radius 2 is 2.00 bits per heavy atom. The molecule has 1 heterocycles. The Hall–Kier alpha value is -3.28. The summed E-state index contributed by atoms with van der Waals surface area (Å²) in [4.78, 5) is 23.4. The summed E-state index contributed by atoms with van der Waals surface area (Å²) in [6.07, 6.45) is 6.80. The zero-order chi connectivity index (χ0) is 22.0. The Morgan fingerprint density at radius 1 is 1.16 bits per heavy atom. The number of benzene rings is 2. The molecule has 6 nitrogen and oxygen atoms in total. The maximum atomic E-state index is 12.0. The molecule has 4 rings (SSSR count). The van der Waals surface area contributed by atoms with Crippen LogP contribution in [0.15, 0.2) is 48.6 Å². The first-order valence-corrected chi connectivity index (χ1v) is 10.7. The molecule has 2 aromatic rings. The second-order valence-electron chi connectivity index (χ2n) is 8.08. The first-order valence-electron chi connectivity index (χ1n) is 10.7. The molecule has 1 aliphatic heterocycles. The lowest BCUT2D eigenvalue weighted by atomic mass is 9.77. The second kappa shape index (κ2) is 8.84. The molecule has 0 spiro atoms. The number of hydrogen-bond donors (Lipinski definition) is 2. The van der Waals surface area contributed by atoms with Crippen LogP contribution in [0.5, 0.6) is 11.5 Å². The van der Waals surface area contributed by atoms with Gasteiger partial charge in [-0.25, -0.2) is 0 Å². The number of allylic oxidation sites excluding steroid dienone is 2. The second-order valence-corrected chi connectivity index (χ2v) is 8.08. The van der Waals surface area contributed by atoms with Crippen molar-refractivity contribution in [1.82, 2.24) is 0 Å². The van der Waals surface area contributed by atoms with E-state index in [4.69, 9.17) is 9.47 Å². The van der Waals surface area contributed by atoms with Gasteiger partial charge in [-0.3, -0.25) is 9.59 Å². The Balaban J connectivity index is 1.63. The van der Waals surface area contributed by atoms with Crippen LogP contribution in [0.4, 0.5) is 11.4 Å². The van der Waals surface area contributed by atoms with Gasteiger partial charge < -0.3 is 20.1 Å². The molecule has 31 heavy (non-hydrogen) atoms. The van der Waals surface area contributed by atoms with Gasteiger partial charge in [-0.15, -0.1) is 0 Å². The van der Waals surface area contributed by atoms with E-state index in [1.54, 1.807) is 13.2 Å². The van der Waals surface area contributed by atoms with Crippen molar-refractivity contribution in [3.05, 3.63) is 59.7 Å². The van der Waals surface area contributed by atoms with Crippen molar-refractivity contribution < 1.29 is 19.1 Å². The van der Waals surface area contributed by atoms with Crippen molar-refractivity contribution in [3.63, 3.8) is 0 Å². The molecule has 0 aromatic heterocycles. The Labute approximate surface area is 182 Å². The van der Waals surface area contributed by atoms with E-state index in [1.165, 1.54) is 12.5 Å². The fourth-order valence-electron chi connectivity index (χ4n) is 4.57. The van der Waals surface area contributed by atoms with Crippen LogP contribution in [0, 0.1) is 5.92 Å². The molecule has 0 radical (unpaired) electrons. The highest BCUT2D eigenvalue weighted by Crippen LogP contribution is 2.51. The highest BCUT2D eigenvalue weighted by Gasteiger charge is 2.38. The number of fused-ring (bicyclic) bond motifs is 3. The number of amides is 1. The number of ether oxygens (including phenoxy) is 2. The highest BCUT2D eigenvalue weighted by atomic mass is 16.6. The molecule has 2 aliphatic rings. The predicted octanol–water partition coefficient (Wildman–Crippen LogP) is 5.19. The van der Waals surface area contributed by atoms with Crippen LogP contribution in [0.2, 0.25) is 0 Å². The van der Waals surface area contributed by atoms with Crippen LogP contribution in [-0.2, 0) is 9.59 Å². The molecule has 2 N–H and O–H groups in total. The number of methoxy groups -OCH3 is 1. The van der Waals surface area contributed by atoms with Crippen molar-refractivity contribution in [1.29, 1.82) is 0 Å². The third-order valence-corrected chi connectivity index (χ3v) is 5.92. The van der Waals surface area contributed by atoms with Crippen LogP contribution in [-0.4, -0.2) is 19.0 Å². The normalized spacial score (nSPS) is 20.9. The monoisotopic (exact) mass is 420 g/mol. The van der Waals surface area contributed by atoms with Gasteiger partial charge >= 0.3 is 5.97 Å². The molecule has 3 atom stereocenters. The number of nitrogens with one attached hydrogen (secondary N) is 2. The third-order valence-electron chi connectivity index (χ3n) is 5.92. The summed E-state index contributed by atoms with van der Waals surface area (Å²) in [7, 11) is 1.57. The fraction of sp³-hybridized carbons (Fsp3) is 0.360. The van der Waals surface area contributed by atoms with Crippen molar-refractivity contribution >= 4 is 23.3 Å². The highest BCUT2D eigenvalue weighted by molar-refractivity contribution is 5.91. The van der Waals surface area contributed by atoms with Crippen LogP contribution in [0.3, 0.4) is 0 Å². The van der Waals surface area contributed by atoms with Crippen LogP contribution in [0.25, 0.3) is 0 Å². The molecule has 2 aromatic carbocycles. The first kappa shape index (κ1) is 21.0. The average molecular weight is 421 g/mol. The number of esters is 1. The molecule has 1 amide bonds. The van der Waals surface area contributed by atoms with E-state index in [0.29, 0.717) is 23.8 Å². The van der Waals surface area contributed by atoms with Gasteiger partial charge in [0.05, 0.1) is 13.2 Å². The molecule has 1 aliphatic carbocycles. The lowest BCUT2D eigenvalue weighted by Gasteiger charge is -2.38. The molecule has 0 bridgehead atoms. The molecule has 0 saturated carbocycles. The minimum atomic E-state index is -0.377. The van der Waals surface area contributed by atoms with E-state index < -0.39 is 0 Å². The lowest BCUT2D eigenvalue weighted by molar-refractivity contribution is -0.132. The number of carbonyl (C=O) groups is 2. The van der Waals surface area contributed by atoms with Gasteiger partial charge in [0.25, 0.3) is 0 Å². The van der Waals surface area contributed by atoms with E-state index in [1.807, 2.05) is 31.2 Å². The Morgan fingerprint density at radius 3 is 2.74 bits per heavy atom. The molecule has 6 heteroatoms. The van der Waals surface area contributed by atoms with E-state index in [2.05, 4.69) is 28.9 Å². The smallest absolute Gasteiger partial charge is 0.308 e. The van der Waals surface area contributed by atoms with Crippen molar-refractivity contribution in [2.24, 2.45) is 5.92 Å². The van der Waals surface area contributed by atoms with Crippen molar-refractivity contribution in [2.75, 3.05) is 17.7 Å². The Kier molecular flexibility index (Phi) is 5.98. The summed E-state index contributed by atoms with van der Waals surface area (Å²) in [5.74, 6) is 1.24. The number of rotatable bonds is 6. The molecule has 162 valence electrons. The summed E-state index contributed by atoms with van der Waals surface area (Å²) in [6.45, 7) is 3.37. The predicted molar refractivity (Wildman–Crippen MR) is 121 cm³/mol. The van der Waals surface area contributed by atoms with Crippen LogP contribution >= 0.6 is 0 Å². The summed E-state index contributed by atoms with van der Waals surface area (Å²) < 4.78 is 10.7. The van der Waals surface area contributed by atoms with Crippen molar-refractivity contribution in [2.45, 2.75) is 45.1 Å². The van der Waals surface area contributed by atoms with Gasteiger partial charge in [-0.05, 0) is 60.2 Å². The van der Waals surface area contributed by atoms with Gasteiger partial charge in [0.2, 0.25) is 5.91 Å². The van der Waals surface area contributed by atoms with E-state index in [-0.39, 0.29) is 23.8 Å². The Bertz CT molecular complexity index is 1030. The van der Waals surface area contributed by atoms with Gasteiger partial charge in [-0.1, -0.05) is 25.1 Å². The molecular formula is C25H28N2O4. The van der Waals surface area contributed by atoms with E-state index in [0.717, 1.165) is 29.8 Å². The van der Waals surface area contributed by atoms with Gasteiger partial charge in [-0.2, -0.15) is 0 Å². The maximum absolute atomic E-state index is 12.0. The average Bonchev–Trinajstić information content (AvgIpc) is 3.24. The molecule has 0 saturated heterocycles. The summed E-state index contributed by atoms with van der Waals surface area (Å²) in [6, 6.07) is 11.9. The first-order chi connectivity index (χ1) is 15.0. The topological polar surface area (TPSA) is 76.7 Å². The quantitative estimate of drug-likeness (QED) is 0.382. The lowest BCUT2D eigenvalue weighted by Crippen LogP contribution is -2.29. The molecule has 0 fully saturated rings. The number of anilines is 2. The van der Waals surface area contributed by atoms with Crippen LogP contribution in [0.1, 0.15) is 56.2 Å². The van der Waals surface area contributed by atoms with Gasteiger partial charge in [0.1, 0.15) is 0 Å². The number of carbonyl (C=O) groups excluding carboxylic acids is 2. The molecule has 3 unspecified atom stereocenters. The van der Waals surface area contributed by atoms with Crippen LogP contribution < -0.4 is 20.1 Å². The van der Waals surface area contributed by atoms with Crippen molar-refractivity contribution in [3.8, 4) is 11.5 Å². The fourth-order valence-corrected chi connectivity index (χ4v) is 4.57. The van der Waals surface area contributed by atoms with Gasteiger partial charge in [0.15, 0.2) is 11.5 Å². The van der Waals surface area contributed by atoms with E-state index in [9.17, 15) is 9.59 Å². The van der Waals surface area contributed by atoms with Gasteiger partial charge in [0, 0.05) is 30.6 Å². The minimum absolute atomic E-state index is 0.0440. The molecular weight excluding hydrogens is 392 g/mol. The standard InChI is InChI=1S/C25H28N2O4/c1-4-6-24(29)26-17-10-11-21-20(14-17)18-7-5-8-19(18)25(27-21)16-9-12-22(31-15(2)28)23(13-16)30-3/h5,7,9-14,18-19,25,27H,4,6,8H2,1-3H3,(H,26,29). The van der Waals surface area contributed by atoms with E-state index >= 15 is 0 Å². The minimum Gasteiger partial charge on any atom is -0.493 e. The summed E-state index contributed by atoms with van der Waals surface area (Å²) >= 11 is 0. The maximum Gasteiger partial charge on any atom is 0.308 e.